The highest BCUT2D eigenvalue weighted by molar-refractivity contribution is 7.19. The molecule has 0 aliphatic heterocycles. The average Bonchev–Trinajstić information content (AvgIpc) is 2.90. The van der Waals surface area contributed by atoms with Crippen LogP contribution in [0.25, 0.3) is 10.4 Å². The lowest BCUT2D eigenvalue weighted by atomic mass is 10.2. The molecule has 0 radical (unpaired) electrons. The van der Waals surface area contributed by atoms with Gasteiger partial charge in [0.25, 0.3) is 0 Å². The van der Waals surface area contributed by atoms with E-state index in [1.807, 2.05) is 24.3 Å². The van der Waals surface area contributed by atoms with Crippen molar-refractivity contribution in [3.8, 4) is 16.2 Å². The second-order valence-corrected chi connectivity index (χ2v) is 5.62. The summed E-state index contributed by atoms with van der Waals surface area (Å²) in [5.74, 6) is 0.242. The number of rotatable bonds is 3. The number of phenols is 1. The third-order valence-electron chi connectivity index (χ3n) is 2.76. The Balaban J connectivity index is 1.84. The summed E-state index contributed by atoms with van der Waals surface area (Å²) in [5.41, 5.74) is 1.85. The first-order valence-electron chi connectivity index (χ1n) is 5.99. The molecule has 2 aromatic carbocycles. The maximum absolute atomic E-state index is 9.25. The summed E-state index contributed by atoms with van der Waals surface area (Å²) in [6.45, 7) is 0. The summed E-state index contributed by atoms with van der Waals surface area (Å²) in [7, 11) is 0. The molecule has 0 bridgehead atoms. The van der Waals surface area contributed by atoms with Crippen LogP contribution in [0.2, 0.25) is 5.02 Å². The van der Waals surface area contributed by atoms with Crippen LogP contribution >= 0.6 is 22.9 Å². The standard InChI is InChI=1S/C15H11ClN2OS/c16-13-4-2-1-3-12(13)14-9-17-15(20-14)18-10-5-7-11(19)8-6-10/h1-9,19H,(H,17,18). The Morgan fingerprint density at radius 1 is 1.05 bits per heavy atom. The summed E-state index contributed by atoms with van der Waals surface area (Å²) in [4.78, 5) is 5.35. The number of hydrogen-bond acceptors (Lipinski definition) is 4. The third kappa shape index (κ3) is 2.76. The van der Waals surface area contributed by atoms with Crippen molar-refractivity contribution in [2.45, 2.75) is 0 Å². The van der Waals surface area contributed by atoms with Crippen molar-refractivity contribution in [2.24, 2.45) is 0 Å². The van der Waals surface area contributed by atoms with E-state index in [1.54, 1.807) is 30.5 Å². The summed E-state index contributed by atoms with van der Waals surface area (Å²) in [6.07, 6.45) is 1.80. The van der Waals surface area contributed by atoms with Gasteiger partial charge in [-0.05, 0) is 30.3 Å². The summed E-state index contributed by atoms with van der Waals surface area (Å²) in [6, 6.07) is 14.5. The molecule has 3 rings (SSSR count). The van der Waals surface area contributed by atoms with Crippen LogP contribution in [-0.4, -0.2) is 10.1 Å². The molecule has 0 aliphatic rings. The summed E-state index contributed by atoms with van der Waals surface area (Å²) < 4.78 is 0. The van der Waals surface area contributed by atoms with Crippen LogP contribution < -0.4 is 5.32 Å². The van der Waals surface area contributed by atoms with Gasteiger partial charge in [-0.1, -0.05) is 41.1 Å². The number of halogens is 1. The Kier molecular flexibility index (Phi) is 3.58. The van der Waals surface area contributed by atoms with Gasteiger partial charge < -0.3 is 10.4 Å². The molecule has 3 aromatic rings. The van der Waals surface area contributed by atoms with Gasteiger partial charge in [0, 0.05) is 22.5 Å². The molecule has 0 amide bonds. The van der Waals surface area contributed by atoms with E-state index in [4.69, 9.17) is 11.6 Å². The average molecular weight is 303 g/mol. The Bertz CT molecular complexity index is 725. The second-order valence-electron chi connectivity index (χ2n) is 4.18. The van der Waals surface area contributed by atoms with Crippen LogP contribution in [0.1, 0.15) is 0 Å². The number of anilines is 2. The van der Waals surface area contributed by atoms with Crippen molar-refractivity contribution in [3.05, 3.63) is 59.8 Å². The number of hydrogen-bond donors (Lipinski definition) is 2. The minimum Gasteiger partial charge on any atom is -0.508 e. The monoisotopic (exact) mass is 302 g/mol. The largest absolute Gasteiger partial charge is 0.508 e. The lowest BCUT2D eigenvalue weighted by Gasteiger charge is -2.02. The lowest BCUT2D eigenvalue weighted by molar-refractivity contribution is 0.475. The smallest absolute Gasteiger partial charge is 0.187 e. The fourth-order valence-corrected chi connectivity index (χ4v) is 2.96. The van der Waals surface area contributed by atoms with E-state index in [0.717, 1.165) is 21.3 Å². The zero-order chi connectivity index (χ0) is 13.9. The molecular weight excluding hydrogens is 292 g/mol. The van der Waals surface area contributed by atoms with Gasteiger partial charge in [-0.3, -0.25) is 0 Å². The Labute approximate surface area is 125 Å². The molecule has 5 heteroatoms. The van der Waals surface area contributed by atoms with Crippen LogP contribution in [0.5, 0.6) is 5.75 Å². The minimum atomic E-state index is 0.242. The quantitative estimate of drug-likeness (QED) is 0.675. The first-order chi connectivity index (χ1) is 9.72. The molecule has 20 heavy (non-hydrogen) atoms. The molecule has 0 atom stereocenters. The molecule has 1 aromatic heterocycles. The fraction of sp³-hybridized carbons (Fsp3) is 0. The second kappa shape index (κ2) is 5.53. The highest BCUT2D eigenvalue weighted by Crippen LogP contribution is 2.34. The lowest BCUT2D eigenvalue weighted by Crippen LogP contribution is -1.87. The van der Waals surface area contributed by atoms with E-state index in [2.05, 4.69) is 10.3 Å². The third-order valence-corrected chi connectivity index (χ3v) is 4.04. The van der Waals surface area contributed by atoms with E-state index < -0.39 is 0 Å². The van der Waals surface area contributed by atoms with E-state index in [-0.39, 0.29) is 5.75 Å². The summed E-state index contributed by atoms with van der Waals surface area (Å²) >= 11 is 7.71. The molecule has 0 saturated heterocycles. The van der Waals surface area contributed by atoms with Gasteiger partial charge in [-0.25, -0.2) is 4.98 Å². The normalized spacial score (nSPS) is 10.4. The van der Waals surface area contributed by atoms with Crippen molar-refractivity contribution in [3.63, 3.8) is 0 Å². The van der Waals surface area contributed by atoms with Crippen LogP contribution in [-0.2, 0) is 0 Å². The SMILES string of the molecule is Oc1ccc(Nc2ncc(-c3ccccc3Cl)s2)cc1. The zero-order valence-electron chi connectivity index (χ0n) is 10.4. The maximum atomic E-state index is 9.25. The predicted octanol–water partition coefficient (Wildman–Crippen LogP) is 4.91. The predicted molar refractivity (Wildman–Crippen MR) is 83.9 cm³/mol. The van der Waals surface area contributed by atoms with E-state index in [0.29, 0.717) is 5.02 Å². The molecule has 0 spiro atoms. The molecule has 2 N–H and O–H groups in total. The number of thiazole rings is 1. The van der Waals surface area contributed by atoms with Gasteiger partial charge in [0.05, 0.1) is 4.88 Å². The highest BCUT2D eigenvalue weighted by Gasteiger charge is 2.07. The Hall–Kier alpha value is -2.04. The topological polar surface area (TPSA) is 45.1 Å². The molecule has 0 aliphatic carbocycles. The van der Waals surface area contributed by atoms with Gasteiger partial charge in [0.1, 0.15) is 5.75 Å². The molecule has 0 unspecified atom stereocenters. The van der Waals surface area contributed by atoms with E-state index >= 15 is 0 Å². The number of nitrogens with one attached hydrogen (secondary N) is 1. The van der Waals surface area contributed by atoms with Gasteiger partial charge in [-0.15, -0.1) is 0 Å². The molecular formula is C15H11ClN2OS. The van der Waals surface area contributed by atoms with Crippen molar-refractivity contribution >= 4 is 33.8 Å². The van der Waals surface area contributed by atoms with Crippen molar-refractivity contribution in [1.29, 1.82) is 0 Å². The summed E-state index contributed by atoms with van der Waals surface area (Å²) in [5, 5.41) is 13.9. The van der Waals surface area contributed by atoms with Crippen LogP contribution in [0, 0.1) is 0 Å². The molecule has 0 fully saturated rings. The first kappa shape index (κ1) is 13.0. The first-order valence-corrected chi connectivity index (χ1v) is 7.18. The number of phenolic OH excluding ortho intramolecular Hbond substituents is 1. The van der Waals surface area contributed by atoms with Gasteiger partial charge >= 0.3 is 0 Å². The van der Waals surface area contributed by atoms with Crippen LogP contribution in [0.4, 0.5) is 10.8 Å². The highest BCUT2D eigenvalue weighted by atomic mass is 35.5. The minimum absolute atomic E-state index is 0.242. The van der Waals surface area contributed by atoms with Crippen molar-refractivity contribution in [1.82, 2.24) is 4.98 Å². The van der Waals surface area contributed by atoms with Gasteiger partial charge in [0.2, 0.25) is 0 Å². The number of aromatic nitrogens is 1. The number of aromatic hydroxyl groups is 1. The number of benzene rings is 2. The van der Waals surface area contributed by atoms with E-state index in [1.165, 1.54) is 11.3 Å². The molecule has 0 saturated carbocycles. The maximum Gasteiger partial charge on any atom is 0.187 e. The van der Waals surface area contributed by atoms with Gasteiger partial charge in [0.15, 0.2) is 5.13 Å². The molecule has 1 heterocycles. The number of nitrogens with zero attached hydrogens (tertiary/aromatic N) is 1. The van der Waals surface area contributed by atoms with Crippen molar-refractivity contribution < 1.29 is 5.11 Å². The Morgan fingerprint density at radius 3 is 2.55 bits per heavy atom. The zero-order valence-corrected chi connectivity index (χ0v) is 11.9. The van der Waals surface area contributed by atoms with Gasteiger partial charge in [-0.2, -0.15) is 0 Å². The van der Waals surface area contributed by atoms with Crippen LogP contribution in [0.15, 0.2) is 54.7 Å². The van der Waals surface area contributed by atoms with Crippen molar-refractivity contribution in [2.75, 3.05) is 5.32 Å². The Morgan fingerprint density at radius 2 is 1.80 bits per heavy atom. The van der Waals surface area contributed by atoms with Crippen LogP contribution in [0.3, 0.4) is 0 Å². The molecule has 3 nitrogen and oxygen atoms in total. The fourth-order valence-electron chi connectivity index (χ4n) is 1.79. The van der Waals surface area contributed by atoms with E-state index in [9.17, 15) is 5.11 Å². The molecule has 100 valence electrons.